The summed E-state index contributed by atoms with van der Waals surface area (Å²) in [6, 6.07) is 12.8. The molecule has 0 spiro atoms. The number of aromatic nitrogens is 1. The minimum Gasteiger partial charge on any atom is -0.322 e. The Hall–Kier alpha value is -2.42. The molecule has 2 aromatic rings. The first kappa shape index (κ1) is 11.1. The number of carbonyl (C=O) groups is 1. The summed E-state index contributed by atoms with van der Waals surface area (Å²) in [5, 5.41) is 2.75. The Bertz CT molecular complexity index is 471. The lowest BCUT2D eigenvalue weighted by atomic mass is 10.1. The standard InChI is InChI=1S/C14H12N2O/c1-11(12-5-3-2-4-6-12)16-14(17)13-7-9-15-10-8-13/h2-10H,1H2,(H,16,17). The molecule has 1 N–H and O–H groups in total. The number of nitrogens with zero attached hydrogens (tertiary/aromatic N) is 1. The fourth-order valence-corrected chi connectivity index (χ4v) is 1.42. The number of amides is 1. The van der Waals surface area contributed by atoms with E-state index in [2.05, 4.69) is 16.9 Å². The van der Waals surface area contributed by atoms with Crippen LogP contribution in [0.4, 0.5) is 0 Å². The zero-order valence-corrected chi connectivity index (χ0v) is 9.26. The molecule has 3 nitrogen and oxygen atoms in total. The van der Waals surface area contributed by atoms with Crippen LogP contribution in [0.15, 0.2) is 61.4 Å². The Morgan fingerprint density at radius 1 is 1.00 bits per heavy atom. The van der Waals surface area contributed by atoms with Crippen molar-refractivity contribution in [3.05, 3.63) is 72.6 Å². The molecule has 0 atom stereocenters. The number of hydrogen-bond donors (Lipinski definition) is 1. The van der Waals surface area contributed by atoms with Gasteiger partial charge in [-0.25, -0.2) is 0 Å². The van der Waals surface area contributed by atoms with Crippen LogP contribution in [-0.4, -0.2) is 10.9 Å². The van der Waals surface area contributed by atoms with E-state index in [0.717, 1.165) is 5.56 Å². The smallest absolute Gasteiger partial charge is 0.255 e. The molecule has 0 aliphatic heterocycles. The number of nitrogens with one attached hydrogen (secondary N) is 1. The molecule has 0 aliphatic rings. The summed E-state index contributed by atoms with van der Waals surface area (Å²) in [5.41, 5.74) is 2.05. The van der Waals surface area contributed by atoms with Crippen LogP contribution < -0.4 is 5.32 Å². The molecule has 84 valence electrons. The Labute approximate surface area is 99.8 Å². The molecule has 1 amide bonds. The zero-order chi connectivity index (χ0) is 12.1. The molecule has 0 saturated heterocycles. The van der Waals surface area contributed by atoms with Gasteiger partial charge in [0, 0.05) is 23.7 Å². The molecule has 0 unspecified atom stereocenters. The highest BCUT2D eigenvalue weighted by Gasteiger charge is 2.06. The van der Waals surface area contributed by atoms with E-state index >= 15 is 0 Å². The molecule has 2 rings (SSSR count). The summed E-state index contributed by atoms with van der Waals surface area (Å²) in [6.07, 6.45) is 3.17. The van der Waals surface area contributed by atoms with Crippen molar-refractivity contribution in [3.63, 3.8) is 0 Å². The first-order valence-electron chi connectivity index (χ1n) is 5.23. The molecule has 1 aromatic carbocycles. The van der Waals surface area contributed by atoms with E-state index in [9.17, 15) is 4.79 Å². The van der Waals surface area contributed by atoms with Gasteiger partial charge in [0.2, 0.25) is 0 Å². The second-order valence-corrected chi connectivity index (χ2v) is 3.53. The maximum absolute atomic E-state index is 11.8. The minimum absolute atomic E-state index is 0.179. The van der Waals surface area contributed by atoms with Gasteiger partial charge in [0.25, 0.3) is 5.91 Å². The third kappa shape index (κ3) is 2.78. The molecule has 17 heavy (non-hydrogen) atoms. The van der Waals surface area contributed by atoms with Crippen molar-refractivity contribution in [1.29, 1.82) is 0 Å². The quantitative estimate of drug-likeness (QED) is 0.870. The van der Waals surface area contributed by atoms with Gasteiger partial charge < -0.3 is 5.32 Å². The Morgan fingerprint density at radius 2 is 1.65 bits per heavy atom. The molecule has 0 aliphatic carbocycles. The first-order chi connectivity index (χ1) is 8.27. The maximum Gasteiger partial charge on any atom is 0.255 e. The van der Waals surface area contributed by atoms with Gasteiger partial charge >= 0.3 is 0 Å². The van der Waals surface area contributed by atoms with Gasteiger partial charge in [0.05, 0.1) is 0 Å². The minimum atomic E-state index is -0.179. The largest absolute Gasteiger partial charge is 0.322 e. The fourth-order valence-electron chi connectivity index (χ4n) is 1.42. The predicted octanol–water partition coefficient (Wildman–Crippen LogP) is 2.48. The molecular formula is C14H12N2O. The lowest BCUT2D eigenvalue weighted by molar-refractivity contribution is 0.0973. The SMILES string of the molecule is C=C(NC(=O)c1ccncc1)c1ccccc1. The number of pyridine rings is 1. The van der Waals surface area contributed by atoms with Crippen LogP contribution in [0.2, 0.25) is 0 Å². The highest BCUT2D eigenvalue weighted by atomic mass is 16.1. The summed E-state index contributed by atoms with van der Waals surface area (Å²) in [5.74, 6) is -0.179. The Balaban J connectivity index is 2.08. The van der Waals surface area contributed by atoms with E-state index in [0.29, 0.717) is 11.3 Å². The van der Waals surface area contributed by atoms with E-state index in [4.69, 9.17) is 0 Å². The summed E-state index contributed by atoms with van der Waals surface area (Å²) in [4.78, 5) is 15.7. The van der Waals surface area contributed by atoms with Crippen molar-refractivity contribution in [2.75, 3.05) is 0 Å². The maximum atomic E-state index is 11.8. The Morgan fingerprint density at radius 3 is 2.29 bits per heavy atom. The third-order valence-corrected chi connectivity index (χ3v) is 2.33. The van der Waals surface area contributed by atoms with Crippen molar-refractivity contribution in [1.82, 2.24) is 10.3 Å². The third-order valence-electron chi connectivity index (χ3n) is 2.33. The van der Waals surface area contributed by atoms with Gasteiger partial charge in [-0.1, -0.05) is 36.9 Å². The normalized spacial score (nSPS) is 9.65. The summed E-state index contributed by atoms with van der Waals surface area (Å²) in [6.45, 7) is 3.84. The van der Waals surface area contributed by atoms with Crippen LogP contribution >= 0.6 is 0 Å². The molecule has 0 fully saturated rings. The Kier molecular flexibility index (Phi) is 3.31. The molecule has 0 bridgehead atoms. The second-order valence-electron chi connectivity index (χ2n) is 3.53. The van der Waals surface area contributed by atoms with Crippen molar-refractivity contribution < 1.29 is 4.79 Å². The van der Waals surface area contributed by atoms with Gasteiger partial charge in [0.1, 0.15) is 0 Å². The molecule has 1 heterocycles. The van der Waals surface area contributed by atoms with Crippen LogP contribution in [0, 0.1) is 0 Å². The van der Waals surface area contributed by atoms with Crippen LogP contribution in [0.5, 0.6) is 0 Å². The van der Waals surface area contributed by atoms with Gasteiger partial charge in [-0.2, -0.15) is 0 Å². The van der Waals surface area contributed by atoms with Crippen LogP contribution in [0.3, 0.4) is 0 Å². The van der Waals surface area contributed by atoms with Crippen molar-refractivity contribution >= 4 is 11.6 Å². The highest BCUT2D eigenvalue weighted by Crippen LogP contribution is 2.09. The number of carbonyl (C=O) groups excluding carboxylic acids is 1. The molecule has 0 radical (unpaired) electrons. The lowest BCUT2D eigenvalue weighted by Crippen LogP contribution is -2.21. The van der Waals surface area contributed by atoms with Crippen LogP contribution in [0.25, 0.3) is 5.70 Å². The molecule has 0 saturated carbocycles. The monoisotopic (exact) mass is 224 g/mol. The second kappa shape index (κ2) is 5.07. The predicted molar refractivity (Wildman–Crippen MR) is 67.2 cm³/mol. The summed E-state index contributed by atoms with van der Waals surface area (Å²) >= 11 is 0. The van der Waals surface area contributed by atoms with E-state index in [1.54, 1.807) is 24.5 Å². The van der Waals surface area contributed by atoms with Crippen molar-refractivity contribution in [3.8, 4) is 0 Å². The first-order valence-corrected chi connectivity index (χ1v) is 5.23. The highest BCUT2D eigenvalue weighted by molar-refractivity contribution is 5.99. The van der Waals surface area contributed by atoms with Gasteiger partial charge in [0.15, 0.2) is 0 Å². The summed E-state index contributed by atoms with van der Waals surface area (Å²) in [7, 11) is 0. The van der Waals surface area contributed by atoms with Crippen molar-refractivity contribution in [2.24, 2.45) is 0 Å². The van der Waals surface area contributed by atoms with E-state index in [-0.39, 0.29) is 5.91 Å². The number of rotatable bonds is 3. The van der Waals surface area contributed by atoms with Gasteiger partial charge in [-0.05, 0) is 17.7 Å². The average molecular weight is 224 g/mol. The molecule has 3 heteroatoms. The van der Waals surface area contributed by atoms with Crippen LogP contribution in [-0.2, 0) is 0 Å². The number of hydrogen-bond acceptors (Lipinski definition) is 2. The van der Waals surface area contributed by atoms with E-state index < -0.39 is 0 Å². The molecular weight excluding hydrogens is 212 g/mol. The van der Waals surface area contributed by atoms with Gasteiger partial charge in [-0.3, -0.25) is 9.78 Å². The average Bonchev–Trinajstić information content (AvgIpc) is 2.40. The lowest BCUT2D eigenvalue weighted by Gasteiger charge is -2.08. The zero-order valence-electron chi connectivity index (χ0n) is 9.26. The fraction of sp³-hybridized carbons (Fsp3) is 0. The van der Waals surface area contributed by atoms with Gasteiger partial charge in [-0.15, -0.1) is 0 Å². The topological polar surface area (TPSA) is 42.0 Å². The van der Waals surface area contributed by atoms with E-state index in [1.165, 1.54) is 0 Å². The number of benzene rings is 1. The van der Waals surface area contributed by atoms with Crippen LogP contribution in [0.1, 0.15) is 15.9 Å². The van der Waals surface area contributed by atoms with Crippen molar-refractivity contribution in [2.45, 2.75) is 0 Å². The summed E-state index contributed by atoms with van der Waals surface area (Å²) < 4.78 is 0. The molecule has 1 aromatic heterocycles. The van der Waals surface area contributed by atoms with E-state index in [1.807, 2.05) is 30.3 Å².